The summed E-state index contributed by atoms with van der Waals surface area (Å²) in [5, 5.41) is 1.34. The number of ether oxygens (including phenoxy) is 1. The van der Waals surface area contributed by atoms with Crippen LogP contribution in [-0.2, 0) is 12.8 Å². The van der Waals surface area contributed by atoms with Gasteiger partial charge in [0, 0.05) is 18.0 Å². The van der Waals surface area contributed by atoms with Gasteiger partial charge in [-0.3, -0.25) is 0 Å². The third-order valence-electron chi connectivity index (χ3n) is 5.93. The van der Waals surface area contributed by atoms with Gasteiger partial charge in [-0.05, 0) is 62.1 Å². The van der Waals surface area contributed by atoms with Gasteiger partial charge >= 0.3 is 0 Å². The molecule has 5 rings (SSSR count). The zero-order chi connectivity index (χ0) is 18.2. The first-order valence-corrected chi connectivity index (χ1v) is 10.9. The number of piperidine rings is 1. The topological polar surface area (TPSA) is 38.2 Å². The second kappa shape index (κ2) is 7.12. The molecule has 2 aromatic heterocycles. The fourth-order valence-electron chi connectivity index (χ4n) is 4.66. The van der Waals surface area contributed by atoms with Crippen molar-refractivity contribution in [2.24, 2.45) is 0 Å². The highest BCUT2D eigenvalue weighted by molar-refractivity contribution is 7.19. The molecular formula is C22H25N3OS. The minimum atomic E-state index is 0.564. The van der Waals surface area contributed by atoms with Crippen LogP contribution in [0.1, 0.15) is 48.1 Å². The van der Waals surface area contributed by atoms with E-state index in [4.69, 9.17) is 9.72 Å². The van der Waals surface area contributed by atoms with Crippen LogP contribution < -0.4 is 9.64 Å². The van der Waals surface area contributed by atoms with E-state index in [0.29, 0.717) is 5.92 Å². The Morgan fingerprint density at radius 2 is 2.00 bits per heavy atom. The van der Waals surface area contributed by atoms with Crippen LogP contribution in [0, 0.1) is 0 Å². The van der Waals surface area contributed by atoms with Gasteiger partial charge in [-0.25, -0.2) is 9.97 Å². The number of aromatic nitrogens is 2. The van der Waals surface area contributed by atoms with Crippen molar-refractivity contribution in [3.05, 3.63) is 46.6 Å². The van der Waals surface area contributed by atoms with Crippen molar-refractivity contribution in [1.82, 2.24) is 9.97 Å². The zero-order valence-electron chi connectivity index (χ0n) is 15.8. The molecule has 1 aliphatic heterocycles. The van der Waals surface area contributed by atoms with Crippen molar-refractivity contribution in [3.63, 3.8) is 0 Å². The molecule has 0 atom stereocenters. The summed E-state index contributed by atoms with van der Waals surface area (Å²) in [6.07, 6.45) is 7.71. The van der Waals surface area contributed by atoms with Crippen LogP contribution in [0.4, 0.5) is 5.82 Å². The Bertz CT molecular complexity index is 959. The van der Waals surface area contributed by atoms with E-state index >= 15 is 0 Å². The number of hydrogen-bond donors (Lipinski definition) is 0. The lowest BCUT2D eigenvalue weighted by molar-refractivity contribution is 0.331. The predicted octanol–water partition coefficient (Wildman–Crippen LogP) is 4.96. The second-order valence-electron chi connectivity index (χ2n) is 7.47. The quantitative estimate of drug-likeness (QED) is 0.642. The van der Waals surface area contributed by atoms with E-state index in [2.05, 4.69) is 41.1 Å². The Labute approximate surface area is 164 Å². The Morgan fingerprint density at radius 3 is 2.85 bits per heavy atom. The third-order valence-corrected chi connectivity index (χ3v) is 7.13. The van der Waals surface area contributed by atoms with Gasteiger partial charge in [-0.2, -0.15) is 0 Å². The Balaban J connectivity index is 1.40. The highest BCUT2D eigenvalue weighted by Crippen LogP contribution is 2.42. The summed E-state index contributed by atoms with van der Waals surface area (Å²) in [5.41, 5.74) is 2.89. The fourth-order valence-corrected chi connectivity index (χ4v) is 5.88. The molecule has 0 radical (unpaired) electrons. The van der Waals surface area contributed by atoms with E-state index in [1.165, 1.54) is 45.5 Å². The molecule has 4 nitrogen and oxygen atoms in total. The lowest BCUT2D eigenvalue weighted by Crippen LogP contribution is -2.33. The molecule has 1 aromatic carbocycles. The number of fused-ring (bicyclic) bond motifs is 3. The number of thiophene rings is 1. The summed E-state index contributed by atoms with van der Waals surface area (Å²) < 4.78 is 5.87. The summed E-state index contributed by atoms with van der Waals surface area (Å²) in [6.45, 7) is 4.86. The molecule has 0 N–H and O–H groups in total. The second-order valence-corrected chi connectivity index (χ2v) is 8.55. The lowest BCUT2D eigenvalue weighted by atomic mass is 9.88. The smallest absolute Gasteiger partial charge is 0.141 e. The molecule has 2 aliphatic rings. The first-order chi connectivity index (χ1) is 13.3. The van der Waals surface area contributed by atoms with E-state index in [1.807, 2.05) is 11.3 Å². The van der Waals surface area contributed by atoms with Gasteiger partial charge in [0.25, 0.3) is 0 Å². The average molecular weight is 380 g/mol. The Kier molecular flexibility index (Phi) is 4.48. The van der Waals surface area contributed by atoms with Crippen molar-refractivity contribution in [2.45, 2.75) is 44.9 Å². The molecule has 3 heterocycles. The minimum Gasteiger partial charge on any atom is -0.494 e. The summed E-state index contributed by atoms with van der Waals surface area (Å²) in [5.74, 6) is 2.78. The lowest BCUT2D eigenvalue weighted by Gasteiger charge is -2.34. The zero-order valence-corrected chi connectivity index (χ0v) is 16.6. The van der Waals surface area contributed by atoms with Gasteiger partial charge < -0.3 is 9.64 Å². The molecule has 0 spiro atoms. The standard InChI is InChI=1S/C22H25N3OS/c1-2-26-18-8-4-3-6-16(18)15-10-12-25(13-11-15)21-20-17-7-5-9-19(17)27-22(20)24-14-23-21/h3-4,6,8,14-15H,2,5,7,9-13H2,1H3. The Morgan fingerprint density at radius 1 is 1.15 bits per heavy atom. The van der Waals surface area contributed by atoms with Crippen molar-refractivity contribution >= 4 is 27.4 Å². The number of para-hydroxylation sites is 1. The van der Waals surface area contributed by atoms with Gasteiger partial charge in [-0.1, -0.05) is 18.2 Å². The number of benzene rings is 1. The average Bonchev–Trinajstić information content (AvgIpc) is 3.30. The molecule has 0 amide bonds. The first kappa shape index (κ1) is 17.0. The highest BCUT2D eigenvalue weighted by Gasteiger charge is 2.27. The normalized spacial score (nSPS) is 17.4. The van der Waals surface area contributed by atoms with Crippen molar-refractivity contribution in [2.75, 3.05) is 24.6 Å². The number of hydrogen-bond acceptors (Lipinski definition) is 5. The largest absolute Gasteiger partial charge is 0.494 e. The van der Waals surface area contributed by atoms with E-state index < -0.39 is 0 Å². The van der Waals surface area contributed by atoms with Crippen LogP contribution in [0.15, 0.2) is 30.6 Å². The minimum absolute atomic E-state index is 0.564. The first-order valence-electron chi connectivity index (χ1n) is 10.1. The molecule has 1 saturated heterocycles. The van der Waals surface area contributed by atoms with Gasteiger partial charge in [0.2, 0.25) is 0 Å². The van der Waals surface area contributed by atoms with Gasteiger partial charge in [-0.15, -0.1) is 11.3 Å². The Hall–Kier alpha value is -2.14. The van der Waals surface area contributed by atoms with Crippen molar-refractivity contribution in [3.8, 4) is 5.75 Å². The van der Waals surface area contributed by atoms with E-state index in [-0.39, 0.29) is 0 Å². The molecule has 0 bridgehead atoms. The molecule has 1 fully saturated rings. The molecule has 27 heavy (non-hydrogen) atoms. The van der Waals surface area contributed by atoms with Gasteiger partial charge in [0.05, 0.1) is 12.0 Å². The summed E-state index contributed by atoms with van der Waals surface area (Å²) >= 11 is 1.88. The number of rotatable bonds is 4. The summed E-state index contributed by atoms with van der Waals surface area (Å²) in [6, 6.07) is 8.54. The molecule has 1 aliphatic carbocycles. The molecule has 0 saturated carbocycles. The number of aryl methyl sites for hydroxylation is 2. The summed E-state index contributed by atoms with van der Waals surface area (Å²) in [7, 11) is 0. The van der Waals surface area contributed by atoms with Crippen LogP contribution in [0.2, 0.25) is 0 Å². The maximum absolute atomic E-state index is 5.87. The molecule has 3 aromatic rings. The van der Waals surface area contributed by atoms with Crippen molar-refractivity contribution in [1.29, 1.82) is 0 Å². The highest BCUT2D eigenvalue weighted by atomic mass is 32.1. The monoisotopic (exact) mass is 379 g/mol. The van der Waals surface area contributed by atoms with E-state index in [9.17, 15) is 0 Å². The fraction of sp³-hybridized carbons (Fsp3) is 0.455. The number of anilines is 1. The summed E-state index contributed by atoms with van der Waals surface area (Å²) in [4.78, 5) is 14.5. The third kappa shape index (κ3) is 2.98. The SMILES string of the molecule is CCOc1ccccc1C1CCN(c2ncnc3sc4c(c23)CCC4)CC1. The predicted molar refractivity (Wildman–Crippen MR) is 111 cm³/mol. The number of nitrogens with zero attached hydrogens (tertiary/aromatic N) is 3. The van der Waals surface area contributed by atoms with E-state index in [1.54, 1.807) is 6.33 Å². The van der Waals surface area contributed by atoms with Crippen LogP contribution >= 0.6 is 11.3 Å². The maximum atomic E-state index is 5.87. The van der Waals surface area contributed by atoms with Crippen LogP contribution in [0.5, 0.6) is 5.75 Å². The van der Waals surface area contributed by atoms with Crippen LogP contribution in [0.3, 0.4) is 0 Å². The van der Waals surface area contributed by atoms with E-state index in [0.717, 1.165) is 44.1 Å². The van der Waals surface area contributed by atoms with Crippen molar-refractivity contribution < 1.29 is 4.74 Å². The molecule has 5 heteroatoms. The maximum Gasteiger partial charge on any atom is 0.141 e. The van der Waals surface area contributed by atoms with Gasteiger partial charge in [0.1, 0.15) is 22.7 Å². The molecule has 0 unspecified atom stereocenters. The van der Waals surface area contributed by atoms with Crippen LogP contribution in [0.25, 0.3) is 10.2 Å². The molecular weight excluding hydrogens is 354 g/mol. The molecule has 140 valence electrons. The van der Waals surface area contributed by atoms with Gasteiger partial charge in [0.15, 0.2) is 0 Å². The van der Waals surface area contributed by atoms with Crippen LogP contribution in [-0.4, -0.2) is 29.7 Å².